The summed E-state index contributed by atoms with van der Waals surface area (Å²) in [7, 11) is 1.56. The molecule has 0 saturated carbocycles. The Hall–Kier alpha value is -3.35. The summed E-state index contributed by atoms with van der Waals surface area (Å²) in [5.41, 5.74) is 1.13. The van der Waals surface area contributed by atoms with Crippen molar-refractivity contribution in [1.82, 2.24) is 4.90 Å². The number of hydrogen-bond donors (Lipinski definition) is 1. The highest BCUT2D eigenvalue weighted by atomic mass is 79.9. The smallest absolute Gasteiger partial charge is 0.266 e. The molecule has 2 aromatic carbocycles. The number of benzene rings is 2. The lowest BCUT2D eigenvalue weighted by Gasteiger charge is -2.26. The fourth-order valence-corrected chi connectivity index (χ4v) is 3.47. The van der Waals surface area contributed by atoms with E-state index in [4.69, 9.17) is 14.2 Å². The minimum Gasteiger partial charge on any atom is -0.497 e. The zero-order chi connectivity index (χ0) is 22.9. The first kappa shape index (κ1) is 23.3. The number of anilines is 1. The maximum Gasteiger partial charge on any atom is 0.266 e. The number of nitrogens with zero attached hydrogens (tertiary/aromatic N) is 2. The quantitative estimate of drug-likeness (QED) is 0.463. The molecule has 0 radical (unpaired) electrons. The number of amides is 2. The Bertz CT molecular complexity index is 1040. The molecular weight excluding hydrogens is 478 g/mol. The van der Waals surface area contributed by atoms with Gasteiger partial charge in [-0.1, -0.05) is 6.07 Å². The number of halogens is 1. The third kappa shape index (κ3) is 6.33. The predicted octanol–water partition coefficient (Wildman–Crippen LogP) is 3.24. The molecule has 2 aromatic rings. The topological polar surface area (TPSA) is 101 Å². The molecule has 1 N–H and O–H groups in total. The zero-order valence-electron chi connectivity index (χ0n) is 17.5. The molecule has 1 fully saturated rings. The van der Waals surface area contributed by atoms with Gasteiger partial charge in [-0.15, -0.1) is 0 Å². The van der Waals surface area contributed by atoms with Crippen molar-refractivity contribution in [2.24, 2.45) is 0 Å². The van der Waals surface area contributed by atoms with Crippen LogP contribution in [0.15, 0.2) is 52.5 Å². The molecule has 0 aliphatic carbocycles. The van der Waals surface area contributed by atoms with E-state index in [-0.39, 0.29) is 18.1 Å². The summed E-state index contributed by atoms with van der Waals surface area (Å²) in [5.74, 6) is 0.527. The second-order valence-corrected chi connectivity index (χ2v) is 7.68. The molecular formula is C23H22BrN3O5. The van der Waals surface area contributed by atoms with Gasteiger partial charge in [0, 0.05) is 18.8 Å². The molecule has 2 amide bonds. The Labute approximate surface area is 194 Å². The standard InChI is InChI=1S/C23H22BrN3O5/c1-30-19-5-3-18(4-6-19)26-23(29)17(14-25)12-16-2-7-21(20(24)13-16)32-15-22(28)27-8-10-31-11-9-27/h2-7,12-13H,8-11,15H2,1H3,(H,26,29)/b17-12-. The molecule has 8 nitrogen and oxygen atoms in total. The summed E-state index contributed by atoms with van der Waals surface area (Å²) in [4.78, 5) is 26.4. The molecule has 32 heavy (non-hydrogen) atoms. The fraction of sp³-hybridized carbons (Fsp3) is 0.261. The highest BCUT2D eigenvalue weighted by Gasteiger charge is 2.17. The van der Waals surface area contributed by atoms with Crippen molar-refractivity contribution in [3.63, 3.8) is 0 Å². The number of carbonyl (C=O) groups excluding carboxylic acids is 2. The van der Waals surface area contributed by atoms with Gasteiger partial charge < -0.3 is 24.4 Å². The molecule has 1 aliphatic rings. The number of nitrogens with one attached hydrogen (secondary N) is 1. The van der Waals surface area contributed by atoms with Crippen LogP contribution in [0, 0.1) is 11.3 Å². The molecule has 0 unspecified atom stereocenters. The summed E-state index contributed by atoms with van der Waals surface area (Å²) < 4.78 is 16.6. The number of morpholine rings is 1. The third-order valence-corrected chi connectivity index (χ3v) is 5.31. The first-order valence-corrected chi connectivity index (χ1v) is 10.6. The number of carbonyl (C=O) groups is 2. The summed E-state index contributed by atoms with van der Waals surface area (Å²) in [6.07, 6.45) is 1.48. The molecule has 3 rings (SSSR count). The fourth-order valence-electron chi connectivity index (χ4n) is 2.96. The number of hydrogen-bond acceptors (Lipinski definition) is 6. The Morgan fingerprint density at radius 3 is 2.56 bits per heavy atom. The van der Waals surface area contributed by atoms with E-state index in [0.717, 1.165) is 0 Å². The highest BCUT2D eigenvalue weighted by Crippen LogP contribution is 2.27. The van der Waals surface area contributed by atoms with Crippen molar-refractivity contribution in [3.8, 4) is 17.6 Å². The molecule has 166 valence electrons. The van der Waals surface area contributed by atoms with Crippen LogP contribution in [0.2, 0.25) is 0 Å². The van der Waals surface area contributed by atoms with Gasteiger partial charge in [0.1, 0.15) is 23.1 Å². The van der Waals surface area contributed by atoms with Gasteiger partial charge in [-0.2, -0.15) is 5.26 Å². The highest BCUT2D eigenvalue weighted by molar-refractivity contribution is 9.10. The molecule has 0 bridgehead atoms. The van der Waals surface area contributed by atoms with Gasteiger partial charge in [-0.05, 0) is 64.0 Å². The van der Waals surface area contributed by atoms with Gasteiger partial charge >= 0.3 is 0 Å². The molecule has 1 heterocycles. The second-order valence-electron chi connectivity index (χ2n) is 6.82. The zero-order valence-corrected chi connectivity index (χ0v) is 19.1. The van der Waals surface area contributed by atoms with E-state index in [0.29, 0.717) is 53.5 Å². The largest absolute Gasteiger partial charge is 0.497 e. The Morgan fingerprint density at radius 1 is 1.22 bits per heavy atom. The Morgan fingerprint density at radius 2 is 1.94 bits per heavy atom. The van der Waals surface area contributed by atoms with E-state index >= 15 is 0 Å². The van der Waals surface area contributed by atoms with Gasteiger partial charge in [0.15, 0.2) is 6.61 Å². The van der Waals surface area contributed by atoms with Gasteiger partial charge in [-0.3, -0.25) is 9.59 Å². The van der Waals surface area contributed by atoms with E-state index in [9.17, 15) is 14.9 Å². The van der Waals surface area contributed by atoms with Crippen molar-refractivity contribution in [2.75, 3.05) is 45.3 Å². The predicted molar refractivity (Wildman–Crippen MR) is 122 cm³/mol. The van der Waals surface area contributed by atoms with Crippen LogP contribution < -0.4 is 14.8 Å². The SMILES string of the molecule is COc1ccc(NC(=O)/C(C#N)=C\c2ccc(OCC(=O)N3CCOCC3)c(Br)c2)cc1. The minimum atomic E-state index is -0.523. The lowest BCUT2D eigenvalue weighted by atomic mass is 10.1. The minimum absolute atomic E-state index is 0.0520. The van der Waals surface area contributed by atoms with Crippen molar-refractivity contribution in [2.45, 2.75) is 0 Å². The molecule has 1 aliphatic heterocycles. The molecule has 9 heteroatoms. The summed E-state index contributed by atoms with van der Waals surface area (Å²) in [6.45, 7) is 2.10. The number of nitriles is 1. The average molecular weight is 500 g/mol. The van der Waals surface area contributed by atoms with E-state index in [2.05, 4.69) is 21.2 Å². The van der Waals surface area contributed by atoms with Crippen LogP contribution in [0.1, 0.15) is 5.56 Å². The van der Waals surface area contributed by atoms with Crippen LogP contribution in [0.4, 0.5) is 5.69 Å². The number of methoxy groups -OCH3 is 1. The van der Waals surface area contributed by atoms with Crippen molar-refractivity contribution >= 4 is 39.5 Å². The molecule has 1 saturated heterocycles. The van der Waals surface area contributed by atoms with Gasteiger partial charge in [0.2, 0.25) is 0 Å². The molecule has 0 spiro atoms. The van der Waals surface area contributed by atoms with Crippen LogP contribution in [-0.4, -0.2) is 56.7 Å². The van der Waals surface area contributed by atoms with Crippen LogP contribution in [0.5, 0.6) is 11.5 Å². The van der Waals surface area contributed by atoms with Gasteiger partial charge in [0.25, 0.3) is 11.8 Å². The van der Waals surface area contributed by atoms with Crippen molar-refractivity contribution < 1.29 is 23.8 Å². The maximum absolute atomic E-state index is 12.5. The first-order valence-electron chi connectivity index (χ1n) is 9.85. The summed E-state index contributed by atoms with van der Waals surface area (Å²) in [5, 5.41) is 12.1. The Balaban J connectivity index is 1.63. The van der Waals surface area contributed by atoms with E-state index < -0.39 is 5.91 Å². The number of rotatable bonds is 7. The van der Waals surface area contributed by atoms with Crippen LogP contribution >= 0.6 is 15.9 Å². The third-order valence-electron chi connectivity index (χ3n) is 4.69. The maximum atomic E-state index is 12.5. The lowest BCUT2D eigenvalue weighted by Crippen LogP contribution is -2.43. The van der Waals surface area contributed by atoms with Gasteiger partial charge in [-0.25, -0.2) is 0 Å². The van der Waals surface area contributed by atoms with E-state index in [1.807, 2.05) is 6.07 Å². The van der Waals surface area contributed by atoms with Crippen LogP contribution in [-0.2, 0) is 14.3 Å². The molecule has 0 aromatic heterocycles. The van der Waals surface area contributed by atoms with Gasteiger partial charge in [0.05, 0.1) is 24.8 Å². The lowest BCUT2D eigenvalue weighted by molar-refractivity contribution is -0.137. The Kier molecular flexibility index (Phi) is 8.25. The average Bonchev–Trinajstić information content (AvgIpc) is 2.82. The van der Waals surface area contributed by atoms with Crippen molar-refractivity contribution in [3.05, 3.63) is 58.1 Å². The summed E-state index contributed by atoms with van der Waals surface area (Å²) >= 11 is 3.42. The van der Waals surface area contributed by atoms with E-state index in [1.165, 1.54) is 6.08 Å². The van der Waals surface area contributed by atoms with Crippen LogP contribution in [0.25, 0.3) is 6.08 Å². The number of ether oxygens (including phenoxy) is 3. The monoisotopic (exact) mass is 499 g/mol. The normalized spacial score (nSPS) is 13.8. The van der Waals surface area contributed by atoms with E-state index in [1.54, 1.807) is 54.5 Å². The summed E-state index contributed by atoms with van der Waals surface area (Å²) in [6, 6.07) is 13.8. The first-order chi connectivity index (χ1) is 15.5. The molecule has 0 atom stereocenters. The van der Waals surface area contributed by atoms with Crippen LogP contribution in [0.3, 0.4) is 0 Å². The van der Waals surface area contributed by atoms with Crippen molar-refractivity contribution in [1.29, 1.82) is 5.26 Å². The second kappa shape index (κ2) is 11.3.